The van der Waals surface area contributed by atoms with Crippen LogP contribution in [0.25, 0.3) is 0 Å². The summed E-state index contributed by atoms with van der Waals surface area (Å²) in [5.41, 5.74) is 0.535. The lowest BCUT2D eigenvalue weighted by atomic mass is 10.3. The van der Waals surface area contributed by atoms with E-state index >= 15 is 0 Å². The van der Waals surface area contributed by atoms with E-state index in [-0.39, 0.29) is 25.0 Å². The van der Waals surface area contributed by atoms with Crippen LogP contribution in [0.5, 0.6) is 0 Å². The van der Waals surface area contributed by atoms with E-state index < -0.39 is 0 Å². The summed E-state index contributed by atoms with van der Waals surface area (Å²) in [6.45, 7) is 2.34. The van der Waals surface area contributed by atoms with Gasteiger partial charge in [-0.2, -0.15) is 0 Å². The van der Waals surface area contributed by atoms with Crippen LogP contribution in [0.3, 0.4) is 0 Å². The first-order chi connectivity index (χ1) is 9.43. The van der Waals surface area contributed by atoms with Crippen molar-refractivity contribution in [1.82, 2.24) is 4.90 Å². The molecule has 7 heteroatoms. The molecule has 0 bridgehead atoms. The van der Waals surface area contributed by atoms with Crippen LogP contribution < -0.4 is 5.32 Å². The molecule has 0 spiro atoms. The zero-order chi connectivity index (χ0) is 15.1. The van der Waals surface area contributed by atoms with Gasteiger partial charge in [-0.15, -0.1) is 0 Å². The Bertz CT molecular complexity index is 495. The van der Waals surface area contributed by atoms with E-state index in [1.165, 1.54) is 4.90 Å². The Labute approximate surface area is 127 Å². The molecule has 1 aromatic carbocycles. The van der Waals surface area contributed by atoms with Crippen LogP contribution in [-0.4, -0.2) is 37.1 Å². The lowest BCUT2D eigenvalue weighted by Crippen LogP contribution is -2.33. The summed E-state index contributed by atoms with van der Waals surface area (Å²) in [6, 6.07) is 4.46. The molecule has 20 heavy (non-hydrogen) atoms. The first-order valence-corrected chi connectivity index (χ1v) is 6.82. The Morgan fingerprint density at radius 2 is 2.00 bits per heavy atom. The number of hydrogen-bond donors (Lipinski definition) is 1. The molecule has 1 rings (SSSR count). The number of benzene rings is 1. The van der Waals surface area contributed by atoms with Gasteiger partial charge in [-0.1, -0.05) is 23.2 Å². The highest BCUT2D eigenvalue weighted by Gasteiger charge is 2.11. The zero-order valence-corrected chi connectivity index (χ0v) is 12.8. The molecule has 1 aromatic rings. The van der Waals surface area contributed by atoms with E-state index in [4.69, 9.17) is 27.9 Å². The highest BCUT2D eigenvalue weighted by molar-refractivity contribution is 6.42. The number of hydrogen-bond acceptors (Lipinski definition) is 3. The minimum atomic E-state index is -0.340. The van der Waals surface area contributed by atoms with E-state index in [0.717, 1.165) is 0 Å². The SMILES string of the molecule is CCOC(=O)CCN(C)C(=O)Nc1ccc(Cl)c(Cl)c1. The Morgan fingerprint density at radius 1 is 1.30 bits per heavy atom. The molecule has 0 radical (unpaired) electrons. The Hall–Kier alpha value is -1.46. The molecular weight excluding hydrogens is 303 g/mol. The van der Waals surface area contributed by atoms with Crippen LogP contribution in [0.1, 0.15) is 13.3 Å². The topological polar surface area (TPSA) is 58.6 Å². The van der Waals surface area contributed by atoms with Crippen LogP contribution in [0, 0.1) is 0 Å². The van der Waals surface area contributed by atoms with Gasteiger partial charge in [0.1, 0.15) is 0 Å². The van der Waals surface area contributed by atoms with Crippen molar-refractivity contribution < 1.29 is 14.3 Å². The van der Waals surface area contributed by atoms with E-state index in [1.54, 1.807) is 32.2 Å². The molecule has 1 N–H and O–H groups in total. The summed E-state index contributed by atoms with van der Waals surface area (Å²) in [7, 11) is 1.59. The number of amides is 2. The minimum Gasteiger partial charge on any atom is -0.466 e. The smallest absolute Gasteiger partial charge is 0.321 e. The predicted octanol–water partition coefficient (Wildman–Crippen LogP) is 3.41. The largest absolute Gasteiger partial charge is 0.466 e. The van der Waals surface area contributed by atoms with Crippen molar-refractivity contribution in [3.8, 4) is 0 Å². The fourth-order valence-electron chi connectivity index (χ4n) is 1.39. The van der Waals surface area contributed by atoms with Crippen molar-refractivity contribution in [3.05, 3.63) is 28.2 Å². The van der Waals surface area contributed by atoms with Gasteiger partial charge >= 0.3 is 12.0 Å². The summed E-state index contributed by atoms with van der Waals surface area (Å²) in [6.07, 6.45) is 0.152. The van der Waals surface area contributed by atoms with Crippen molar-refractivity contribution in [1.29, 1.82) is 0 Å². The number of ether oxygens (including phenoxy) is 1. The molecule has 110 valence electrons. The number of halogens is 2. The van der Waals surface area contributed by atoms with Crippen LogP contribution in [-0.2, 0) is 9.53 Å². The fourth-order valence-corrected chi connectivity index (χ4v) is 1.68. The number of nitrogens with one attached hydrogen (secondary N) is 1. The van der Waals surface area contributed by atoms with Gasteiger partial charge in [0.05, 0.1) is 23.1 Å². The highest BCUT2D eigenvalue weighted by atomic mass is 35.5. The molecule has 0 aromatic heterocycles. The summed E-state index contributed by atoms with van der Waals surface area (Å²) >= 11 is 11.6. The Balaban J connectivity index is 2.48. The Morgan fingerprint density at radius 3 is 2.60 bits per heavy atom. The second-order valence-corrected chi connectivity index (χ2v) is 4.85. The van der Waals surface area contributed by atoms with Crippen molar-refractivity contribution in [2.75, 3.05) is 25.5 Å². The predicted molar refractivity (Wildman–Crippen MR) is 79.4 cm³/mol. The maximum Gasteiger partial charge on any atom is 0.321 e. The number of urea groups is 1. The summed E-state index contributed by atoms with van der Waals surface area (Å²) in [5.74, 6) is -0.332. The quantitative estimate of drug-likeness (QED) is 0.846. The number of nitrogens with zero attached hydrogens (tertiary/aromatic N) is 1. The van der Waals surface area contributed by atoms with Gasteiger partial charge < -0.3 is 15.0 Å². The summed E-state index contributed by atoms with van der Waals surface area (Å²) in [4.78, 5) is 24.5. The van der Waals surface area contributed by atoms with Gasteiger partial charge in [0.2, 0.25) is 0 Å². The molecular formula is C13H16Cl2N2O3. The average molecular weight is 319 g/mol. The average Bonchev–Trinajstić information content (AvgIpc) is 2.40. The number of carbonyl (C=O) groups is 2. The number of anilines is 1. The van der Waals surface area contributed by atoms with E-state index in [0.29, 0.717) is 22.3 Å². The van der Waals surface area contributed by atoms with E-state index in [9.17, 15) is 9.59 Å². The van der Waals surface area contributed by atoms with Crippen molar-refractivity contribution in [2.45, 2.75) is 13.3 Å². The molecule has 0 aliphatic carbocycles. The lowest BCUT2D eigenvalue weighted by Gasteiger charge is -2.17. The van der Waals surface area contributed by atoms with Crippen molar-refractivity contribution in [2.24, 2.45) is 0 Å². The molecule has 0 fully saturated rings. The minimum absolute atomic E-state index is 0.152. The standard InChI is InChI=1S/C13H16Cl2N2O3/c1-3-20-12(18)6-7-17(2)13(19)16-9-4-5-10(14)11(15)8-9/h4-5,8H,3,6-7H2,1-2H3,(H,16,19). The first kappa shape index (κ1) is 16.6. The number of carbonyl (C=O) groups excluding carboxylic acids is 2. The second kappa shape index (κ2) is 7.97. The third-order valence-electron chi connectivity index (χ3n) is 2.47. The molecule has 0 heterocycles. The molecule has 0 aliphatic heterocycles. The molecule has 2 amide bonds. The summed E-state index contributed by atoms with van der Waals surface area (Å²) in [5, 5.41) is 3.43. The van der Waals surface area contributed by atoms with Gasteiger partial charge in [0.25, 0.3) is 0 Å². The summed E-state index contributed by atoms with van der Waals surface area (Å²) < 4.78 is 4.79. The number of rotatable bonds is 5. The van der Waals surface area contributed by atoms with Gasteiger partial charge in [-0.05, 0) is 25.1 Å². The van der Waals surface area contributed by atoms with Crippen molar-refractivity contribution >= 4 is 40.9 Å². The molecule has 0 saturated heterocycles. The van der Waals surface area contributed by atoms with Gasteiger partial charge in [-0.3, -0.25) is 4.79 Å². The molecule has 0 aliphatic rings. The van der Waals surface area contributed by atoms with Crippen LogP contribution in [0.15, 0.2) is 18.2 Å². The Kier molecular flexibility index (Phi) is 6.61. The van der Waals surface area contributed by atoms with Crippen LogP contribution >= 0.6 is 23.2 Å². The third kappa shape index (κ3) is 5.27. The van der Waals surface area contributed by atoms with E-state index in [1.807, 2.05) is 0 Å². The molecule has 0 atom stereocenters. The molecule has 0 unspecified atom stereocenters. The van der Waals surface area contributed by atoms with E-state index in [2.05, 4.69) is 5.32 Å². The highest BCUT2D eigenvalue weighted by Crippen LogP contribution is 2.25. The van der Waals surface area contributed by atoms with Gasteiger partial charge in [-0.25, -0.2) is 4.79 Å². The first-order valence-electron chi connectivity index (χ1n) is 6.06. The van der Waals surface area contributed by atoms with Crippen molar-refractivity contribution in [3.63, 3.8) is 0 Å². The monoisotopic (exact) mass is 318 g/mol. The molecule has 0 saturated carbocycles. The van der Waals surface area contributed by atoms with Gasteiger partial charge in [0.15, 0.2) is 0 Å². The maximum absolute atomic E-state index is 11.9. The van der Waals surface area contributed by atoms with Crippen LogP contribution in [0.4, 0.5) is 10.5 Å². The normalized spacial score (nSPS) is 10.0. The van der Waals surface area contributed by atoms with Crippen LogP contribution in [0.2, 0.25) is 10.0 Å². The maximum atomic E-state index is 11.9. The fraction of sp³-hybridized carbons (Fsp3) is 0.385. The van der Waals surface area contributed by atoms with Gasteiger partial charge in [0, 0.05) is 19.3 Å². The lowest BCUT2D eigenvalue weighted by molar-refractivity contribution is -0.143. The third-order valence-corrected chi connectivity index (χ3v) is 3.21. The molecule has 5 nitrogen and oxygen atoms in total. The second-order valence-electron chi connectivity index (χ2n) is 4.04. The number of esters is 1. The zero-order valence-electron chi connectivity index (χ0n) is 11.3.